The standard InChI is InChI=1S/C25H27Cl2N5O2S/c1-13(2)30(14(3)4)22(33)11-18-12-35-25-28-16(6)23(24(34)31(18)25)21-9-15(5)32(29-21)17-7-8-19(26)20(27)10-17/h7-10,12-14H,11H2,1-6H3. The van der Waals surface area contributed by atoms with Gasteiger partial charge in [-0.3, -0.25) is 14.0 Å². The molecule has 10 heteroatoms. The fraction of sp³-hybridized carbons (Fsp3) is 0.360. The molecule has 0 saturated heterocycles. The van der Waals surface area contributed by atoms with Crippen LogP contribution >= 0.6 is 34.5 Å². The van der Waals surface area contributed by atoms with Gasteiger partial charge in [0.05, 0.1) is 33.4 Å². The monoisotopic (exact) mass is 531 g/mol. The van der Waals surface area contributed by atoms with Crippen LogP contribution in [0.5, 0.6) is 0 Å². The largest absolute Gasteiger partial charge is 0.338 e. The molecule has 0 radical (unpaired) electrons. The lowest BCUT2D eigenvalue weighted by Crippen LogP contribution is -2.43. The van der Waals surface area contributed by atoms with Crippen molar-refractivity contribution in [1.82, 2.24) is 24.1 Å². The summed E-state index contributed by atoms with van der Waals surface area (Å²) in [5.74, 6) is -0.0246. The van der Waals surface area contributed by atoms with Gasteiger partial charge >= 0.3 is 0 Å². The van der Waals surface area contributed by atoms with E-state index in [1.807, 2.05) is 57.0 Å². The highest BCUT2D eigenvalue weighted by molar-refractivity contribution is 7.15. The number of carbonyl (C=O) groups excluding carboxylic acids is 1. The normalized spacial score (nSPS) is 11.7. The fourth-order valence-electron chi connectivity index (χ4n) is 4.42. The number of aryl methyl sites for hydroxylation is 2. The maximum atomic E-state index is 13.7. The smallest absolute Gasteiger partial charge is 0.268 e. The van der Waals surface area contributed by atoms with E-state index in [1.165, 1.54) is 15.7 Å². The van der Waals surface area contributed by atoms with Crippen molar-refractivity contribution in [3.05, 3.63) is 67.1 Å². The summed E-state index contributed by atoms with van der Waals surface area (Å²) < 4.78 is 3.25. The molecular weight excluding hydrogens is 505 g/mol. The van der Waals surface area contributed by atoms with Crippen LogP contribution < -0.4 is 5.56 Å². The van der Waals surface area contributed by atoms with E-state index in [0.717, 1.165) is 11.4 Å². The molecule has 0 N–H and O–H groups in total. The highest BCUT2D eigenvalue weighted by Crippen LogP contribution is 2.27. The number of thiazole rings is 1. The van der Waals surface area contributed by atoms with E-state index in [-0.39, 0.29) is 30.0 Å². The summed E-state index contributed by atoms with van der Waals surface area (Å²) in [5.41, 5.74) is 3.44. The summed E-state index contributed by atoms with van der Waals surface area (Å²) >= 11 is 13.6. The molecule has 0 spiro atoms. The summed E-state index contributed by atoms with van der Waals surface area (Å²) in [6.45, 7) is 11.7. The molecule has 4 rings (SSSR count). The van der Waals surface area contributed by atoms with Crippen molar-refractivity contribution < 1.29 is 4.79 Å². The second kappa shape index (κ2) is 9.76. The third kappa shape index (κ3) is 4.75. The number of hydrogen-bond acceptors (Lipinski definition) is 5. The van der Waals surface area contributed by atoms with Crippen LogP contribution in [0.15, 0.2) is 34.4 Å². The second-order valence-electron chi connectivity index (χ2n) is 9.07. The third-order valence-corrected chi connectivity index (χ3v) is 7.46. The van der Waals surface area contributed by atoms with E-state index < -0.39 is 0 Å². The SMILES string of the molecule is Cc1nc2scc(CC(=O)N(C(C)C)C(C)C)n2c(=O)c1-c1cc(C)n(-c2ccc(Cl)c(Cl)c2)n1. The summed E-state index contributed by atoms with van der Waals surface area (Å²) in [7, 11) is 0. The van der Waals surface area contributed by atoms with Crippen LogP contribution in [-0.4, -0.2) is 42.1 Å². The molecule has 0 aliphatic rings. The first-order valence-corrected chi connectivity index (χ1v) is 13.0. The van der Waals surface area contributed by atoms with Gasteiger partial charge in [0.1, 0.15) is 5.69 Å². The Kier molecular flexibility index (Phi) is 7.09. The van der Waals surface area contributed by atoms with Crippen molar-refractivity contribution in [2.24, 2.45) is 0 Å². The molecule has 184 valence electrons. The number of amides is 1. The number of aromatic nitrogens is 4. The Morgan fingerprint density at radius 1 is 1.09 bits per heavy atom. The van der Waals surface area contributed by atoms with Gasteiger partial charge in [-0.05, 0) is 65.8 Å². The van der Waals surface area contributed by atoms with Crippen LogP contribution in [0.2, 0.25) is 10.0 Å². The summed E-state index contributed by atoms with van der Waals surface area (Å²) in [6.07, 6.45) is 0.122. The van der Waals surface area contributed by atoms with Gasteiger partial charge in [0.2, 0.25) is 5.91 Å². The molecule has 0 unspecified atom stereocenters. The molecule has 0 aliphatic heterocycles. The quantitative estimate of drug-likeness (QED) is 0.319. The molecule has 4 aromatic rings. The van der Waals surface area contributed by atoms with Crippen molar-refractivity contribution in [2.75, 3.05) is 0 Å². The Morgan fingerprint density at radius 2 is 1.77 bits per heavy atom. The maximum absolute atomic E-state index is 13.7. The summed E-state index contributed by atoms with van der Waals surface area (Å²) in [6, 6.07) is 7.22. The van der Waals surface area contributed by atoms with Gasteiger partial charge in [-0.15, -0.1) is 11.3 Å². The number of nitrogens with zero attached hydrogens (tertiary/aromatic N) is 5. The van der Waals surface area contributed by atoms with Gasteiger partial charge in [0, 0.05) is 28.9 Å². The zero-order chi connectivity index (χ0) is 25.6. The minimum Gasteiger partial charge on any atom is -0.338 e. The zero-order valence-corrected chi connectivity index (χ0v) is 22.8. The van der Waals surface area contributed by atoms with Crippen molar-refractivity contribution >= 4 is 45.4 Å². The van der Waals surface area contributed by atoms with E-state index in [9.17, 15) is 9.59 Å². The third-order valence-electron chi connectivity index (χ3n) is 5.85. The highest BCUT2D eigenvalue weighted by Gasteiger charge is 2.24. The second-order valence-corrected chi connectivity index (χ2v) is 10.7. The number of fused-ring (bicyclic) bond motifs is 1. The number of carbonyl (C=O) groups is 1. The number of halogens is 2. The molecule has 0 bridgehead atoms. The Bertz CT molecular complexity index is 1480. The van der Waals surface area contributed by atoms with Gasteiger partial charge in [-0.1, -0.05) is 23.2 Å². The van der Waals surface area contributed by atoms with Crippen LogP contribution in [-0.2, 0) is 11.2 Å². The number of rotatable bonds is 6. The Morgan fingerprint density at radius 3 is 2.40 bits per heavy atom. The lowest BCUT2D eigenvalue weighted by atomic mass is 10.1. The molecule has 35 heavy (non-hydrogen) atoms. The van der Waals surface area contributed by atoms with Crippen LogP contribution in [0.3, 0.4) is 0 Å². The summed E-state index contributed by atoms with van der Waals surface area (Å²) in [4.78, 5) is 33.9. The molecule has 3 aromatic heterocycles. The van der Waals surface area contributed by atoms with Crippen LogP contribution in [0, 0.1) is 13.8 Å². The van der Waals surface area contributed by atoms with Crippen molar-refractivity contribution in [1.29, 1.82) is 0 Å². The van der Waals surface area contributed by atoms with E-state index in [2.05, 4.69) is 10.1 Å². The predicted molar refractivity (Wildman–Crippen MR) is 142 cm³/mol. The van der Waals surface area contributed by atoms with Crippen molar-refractivity contribution in [3.8, 4) is 16.9 Å². The molecule has 0 atom stereocenters. The number of benzene rings is 1. The van der Waals surface area contributed by atoms with Crippen LogP contribution in [0.4, 0.5) is 0 Å². The number of hydrogen-bond donors (Lipinski definition) is 0. The van der Waals surface area contributed by atoms with Gasteiger partial charge in [0.15, 0.2) is 4.96 Å². The minimum absolute atomic E-state index is 0.0246. The average molecular weight is 532 g/mol. The predicted octanol–water partition coefficient (Wildman–Crippen LogP) is 5.72. The van der Waals surface area contributed by atoms with Gasteiger partial charge in [-0.2, -0.15) is 5.10 Å². The first-order valence-electron chi connectivity index (χ1n) is 11.3. The van der Waals surface area contributed by atoms with Crippen molar-refractivity contribution in [2.45, 2.75) is 60.0 Å². The molecule has 0 fully saturated rings. The Labute approximate surface area is 217 Å². The lowest BCUT2D eigenvalue weighted by molar-refractivity contribution is -0.134. The van der Waals surface area contributed by atoms with E-state index in [4.69, 9.17) is 23.2 Å². The fourth-order valence-corrected chi connectivity index (χ4v) is 5.64. The van der Waals surface area contributed by atoms with Crippen LogP contribution in [0.1, 0.15) is 44.8 Å². The first kappa shape index (κ1) is 25.4. The van der Waals surface area contributed by atoms with Crippen LogP contribution in [0.25, 0.3) is 21.9 Å². The van der Waals surface area contributed by atoms with E-state index in [0.29, 0.717) is 37.7 Å². The van der Waals surface area contributed by atoms with E-state index in [1.54, 1.807) is 23.7 Å². The average Bonchev–Trinajstić information content (AvgIpc) is 3.33. The molecule has 0 saturated carbocycles. The van der Waals surface area contributed by atoms with Gasteiger partial charge < -0.3 is 4.90 Å². The zero-order valence-electron chi connectivity index (χ0n) is 20.5. The molecule has 3 heterocycles. The summed E-state index contributed by atoms with van der Waals surface area (Å²) in [5, 5.41) is 7.40. The molecule has 1 aromatic carbocycles. The maximum Gasteiger partial charge on any atom is 0.268 e. The minimum atomic E-state index is -0.240. The van der Waals surface area contributed by atoms with Crippen molar-refractivity contribution in [3.63, 3.8) is 0 Å². The molecule has 0 aliphatic carbocycles. The van der Waals surface area contributed by atoms with Gasteiger partial charge in [-0.25, -0.2) is 9.67 Å². The topological polar surface area (TPSA) is 72.5 Å². The van der Waals surface area contributed by atoms with E-state index >= 15 is 0 Å². The lowest BCUT2D eigenvalue weighted by Gasteiger charge is -2.30. The molecule has 1 amide bonds. The van der Waals surface area contributed by atoms with Gasteiger partial charge in [0.25, 0.3) is 5.56 Å². The molecule has 7 nitrogen and oxygen atoms in total. The highest BCUT2D eigenvalue weighted by atomic mass is 35.5. The Balaban J connectivity index is 1.80. The molecular formula is C25H27Cl2N5O2S. The first-order chi connectivity index (χ1) is 16.5. The Hall–Kier alpha value is -2.68.